The van der Waals surface area contributed by atoms with Gasteiger partial charge in [-0.05, 0) is 44.0 Å². The maximum atomic E-state index is 14.1. The van der Waals surface area contributed by atoms with Crippen LogP contribution in [0.2, 0.25) is 0 Å². The number of hydrogen-bond acceptors (Lipinski definition) is 1. The van der Waals surface area contributed by atoms with Crippen molar-refractivity contribution in [2.45, 2.75) is 22.9 Å². The summed E-state index contributed by atoms with van der Waals surface area (Å²) in [5.74, 6) is 0. The third-order valence-corrected chi connectivity index (χ3v) is 3.82. The van der Waals surface area contributed by atoms with E-state index in [1.54, 1.807) is 0 Å². The predicted molar refractivity (Wildman–Crippen MR) is 66.3 cm³/mol. The van der Waals surface area contributed by atoms with Crippen LogP contribution in [0.5, 0.6) is 0 Å². The molecule has 0 amide bonds. The zero-order valence-electron chi connectivity index (χ0n) is 9.89. The molecule has 1 aromatic rings. The molecule has 0 heterocycles. The van der Waals surface area contributed by atoms with Gasteiger partial charge in [0.05, 0.1) is 11.3 Å². The van der Waals surface area contributed by atoms with Gasteiger partial charge in [0.15, 0.2) is 0 Å². The molecule has 0 radical (unpaired) electrons. The van der Waals surface area contributed by atoms with Crippen molar-refractivity contribution in [3.63, 3.8) is 0 Å². The first-order chi connectivity index (χ1) is 9.53. The largest absolute Gasteiger partial charge is 0.433 e. The molecule has 1 rings (SSSR count). The Bertz CT molecular complexity index is 559. The fraction of sp³-hybridized carbons (Fsp3) is 0.400. The van der Waals surface area contributed by atoms with E-state index in [9.17, 15) is 39.5 Å². The van der Waals surface area contributed by atoms with Crippen molar-refractivity contribution in [3.05, 3.63) is 27.7 Å². The van der Waals surface area contributed by atoms with Gasteiger partial charge in [0.1, 0.15) is 0 Å². The summed E-state index contributed by atoms with van der Waals surface area (Å²) in [6, 6.07) is -0.282. The normalized spacial score (nSPS) is 16.5. The Morgan fingerprint density at radius 2 is 1.32 bits per heavy atom. The highest BCUT2D eigenvalue weighted by atomic mass is 79.9. The van der Waals surface area contributed by atoms with Crippen molar-refractivity contribution in [2.24, 2.45) is 0 Å². The van der Waals surface area contributed by atoms with Crippen LogP contribution < -0.4 is 5.73 Å². The molecule has 1 aromatic carbocycles. The SMILES string of the molecule is Nc1c(Br)cc(C(F)(C(F)(F)F)C(F)(F)Br)cc1C(F)(F)F. The van der Waals surface area contributed by atoms with Gasteiger partial charge in [-0.2, -0.15) is 35.1 Å². The molecule has 1 nitrogen and oxygen atoms in total. The monoisotopic (exact) mass is 467 g/mol. The van der Waals surface area contributed by atoms with E-state index in [0.29, 0.717) is 0 Å². The van der Waals surface area contributed by atoms with Gasteiger partial charge in [0.2, 0.25) is 0 Å². The Morgan fingerprint density at radius 3 is 1.64 bits per heavy atom. The minimum atomic E-state index is -6.20. The van der Waals surface area contributed by atoms with Crippen LogP contribution in [0.4, 0.5) is 45.2 Å². The number of benzene rings is 1. The quantitative estimate of drug-likeness (QED) is 0.333. The Labute approximate surface area is 133 Å². The third-order valence-electron chi connectivity index (χ3n) is 2.61. The molecular formula is C10H4Br2F9N. The summed E-state index contributed by atoms with van der Waals surface area (Å²) in [7, 11) is 0. The summed E-state index contributed by atoms with van der Waals surface area (Å²) in [6.07, 6.45) is -11.5. The zero-order valence-corrected chi connectivity index (χ0v) is 13.1. The van der Waals surface area contributed by atoms with E-state index < -0.39 is 50.2 Å². The second-order valence-electron chi connectivity index (χ2n) is 4.07. The average Bonchev–Trinajstić information content (AvgIpc) is 2.26. The van der Waals surface area contributed by atoms with Crippen molar-refractivity contribution >= 4 is 37.5 Å². The number of hydrogen-bond donors (Lipinski definition) is 1. The number of rotatable bonds is 2. The van der Waals surface area contributed by atoms with E-state index in [4.69, 9.17) is 5.73 Å². The van der Waals surface area contributed by atoms with Crippen molar-refractivity contribution < 1.29 is 39.5 Å². The summed E-state index contributed by atoms with van der Waals surface area (Å²) in [4.78, 5) is -5.21. The summed E-state index contributed by atoms with van der Waals surface area (Å²) in [5, 5.41) is 0. The fourth-order valence-electron chi connectivity index (χ4n) is 1.54. The van der Waals surface area contributed by atoms with Crippen molar-refractivity contribution in [2.75, 3.05) is 5.73 Å². The smallest absolute Gasteiger partial charge is 0.397 e. The number of nitrogens with two attached hydrogens (primary N) is 1. The lowest BCUT2D eigenvalue weighted by atomic mass is 9.93. The second kappa shape index (κ2) is 5.46. The molecule has 0 saturated heterocycles. The van der Waals surface area contributed by atoms with Gasteiger partial charge in [-0.1, -0.05) is 0 Å². The number of alkyl halides is 10. The molecule has 0 aliphatic rings. The maximum Gasteiger partial charge on any atom is 0.433 e. The summed E-state index contributed by atoms with van der Waals surface area (Å²) < 4.78 is 116. The molecule has 1 atom stereocenters. The van der Waals surface area contributed by atoms with E-state index in [-0.39, 0.29) is 6.07 Å². The Balaban J connectivity index is 3.78. The van der Waals surface area contributed by atoms with Gasteiger partial charge in [-0.15, -0.1) is 0 Å². The van der Waals surface area contributed by atoms with Crippen LogP contribution in [0, 0.1) is 0 Å². The topological polar surface area (TPSA) is 26.0 Å². The Hall–Kier alpha value is -0.650. The van der Waals surface area contributed by atoms with Crippen molar-refractivity contribution in [1.29, 1.82) is 0 Å². The van der Waals surface area contributed by atoms with Gasteiger partial charge in [-0.3, -0.25) is 0 Å². The summed E-state index contributed by atoms with van der Waals surface area (Å²) in [5.41, 5.74) is -5.24. The maximum absolute atomic E-state index is 14.1. The lowest BCUT2D eigenvalue weighted by molar-refractivity contribution is -0.282. The number of halogens is 11. The highest BCUT2D eigenvalue weighted by molar-refractivity contribution is 9.10. The zero-order chi connectivity index (χ0) is 17.7. The number of nitrogen functional groups attached to an aromatic ring is 1. The van der Waals surface area contributed by atoms with E-state index in [1.807, 2.05) is 0 Å². The van der Waals surface area contributed by atoms with Gasteiger partial charge in [0, 0.05) is 10.0 Å². The first kappa shape index (κ1) is 19.4. The van der Waals surface area contributed by atoms with Crippen LogP contribution >= 0.6 is 31.9 Å². The Morgan fingerprint density at radius 1 is 0.864 bits per heavy atom. The third kappa shape index (κ3) is 3.17. The summed E-state index contributed by atoms with van der Waals surface area (Å²) >= 11 is 3.63. The molecule has 1 unspecified atom stereocenters. The number of anilines is 1. The lowest BCUT2D eigenvalue weighted by Gasteiger charge is -2.32. The van der Waals surface area contributed by atoms with Crippen LogP contribution in [0.3, 0.4) is 0 Å². The molecule has 126 valence electrons. The van der Waals surface area contributed by atoms with E-state index in [0.717, 1.165) is 0 Å². The fourth-order valence-corrected chi connectivity index (χ4v) is 2.45. The van der Waals surface area contributed by atoms with Gasteiger partial charge in [0.25, 0.3) is 0 Å². The standard InChI is InChI=1S/C10H4Br2F9N/c11-5-2-3(1-4(6(5)22)8(14,15)16)7(13,9(12,17)18)10(19,20)21/h1-2H,22H2. The molecule has 0 aromatic heterocycles. The minimum Gasteiger partial charge on any atom is -0.397 e. The van der Waals surface area contributed by atoms with Gasteiger partial charge >= 0.3 is 22.9 Å². The van der Waals surface area contributed by atoms with E-state index in [1.165, 1.54) is 15.9 Å². The average molecular weight is 469 g/mol. The molecule has 0 aliphatic heterocycles. The first-order valence-electron chi connectivity index (χ1n) is 5.02. The van der Waals surface area contributed by atoms with Crippen LogP contribution in [0.15, 0.2) is 16.6 Å². The highest BCUT2D eigenvalue weighted by Crippen LogP contribution is 2.56. The van der Waals surface area contributed by atoms with Crippen LogP contribution in [0.25, 0.3) is 0 Å². The second-order valence-corrected chi connectivity index (χ2v) is 5.92. The molecule has 22 heavy (non-hydrogen) atoms. The minimum absolute atomic E-state index is 0.118. The van der Waals surface area contributed by atoms with Crippen molar-refractivity contribution in [1.82, 2.24) is 0 Å². The van der Waals surface area contributed by atoms with Gasteiger partial charge < -0.3 is 5.73 Å². The molecule has 0 spiro atoms. The van der Waals surface area contributed by atoms with E-state index in [2.05, 4.69) is 15.9 Å². The van der Waals surface area contributed by atoms with Gasteiger partial charge in [-0.25, -0.2) is 4.39 Å². The molecule has 2 N–H and O–H groups in total. The van der Waals surface area contributed by atoms with Crippen molar-refractivity contribution in [3.8, 4) is 0 Å². The molecule has 0 fully saturated rings. The van der Waals surface area contributed by atoms with E-state index >= 15 is 0 Å². The predicted octanol–water partition coefficient (Wildman–Crippen LogP) is 5.76. The Kier molecular flexibility index (Phi) is 4.82. The summed E-state index contributed by atoms with van der Waals surface area (Å²) in [6.45, 7) is 0. The molecular weight excluding hydrogens is 465 g/mol. The van der Waals surface area contributed by atoms with Crippen LogP contribution in [0.1, 0.15) is 11.1 Å². The molecule has 0 aliphatic carbocycles. The van der Waals surface area contributed by atoms with Crippen LogP contribution in [-0.4, -0.2) is 11.0 Å². The molecule has 12 heteroatoms. The molecule has 0 bridgehead atoms. The highest BCUT2D eigenvalue weighted by Gasteiger charge is 2.71. The molecule has 0 saturated carbocycles. The lowest BCUT2D eigenvalue weighted by Crippen LogP contribution is -2.49. The first-order valence-corrected chi connectivity index (χ1v) is 6.61. The van der Waals surface area contributed by atoms with Crippen LogP contribution in [-0.2, 0) is 11.8 Å².